The lowest BCUT2D eigenvalue weighted by molar-refractivity contribution is -0.153. The number of carbonyl (C=O) groups excluding carboxylic acids is 2. The van der Waals surface area contributed by atoms with E-state index in [2.05, 4.69) is 15.5 Å². The summed E-state index contributed by atoms with van der Waals surface area (Å²) in [5, 5.41) is 3.86. The Morgan fingerprint density at radius 2 is 1.44 bits per heavy atom. The topological polar surface area (TPSA) is 114 Å². The van der Waals surface area contributed by atoms with Gasteiger partial charge in [0, 0.05) is 16.5 Å². The second-order valence-electron chi connectivity index (χ2n) is 7.95. The molecule has 0 bridgehead atoms. The van der Waals surface area contributed by atoms with Crippen LogP contribution < -0.4 is 15.5 Å². The van der Waals surface area contributed by atoms with Crippen molar-refractivity contribution in [1.29, 1.82) is 0 Å². The smallest absolute Gasteiger partial charge is 0.329 e. The number of nitrogens with one attached hydrogen (secondary N) is 3. The van der Waals surface area contributed by atoms with Crippen molar-refractivity contribution in [3.05, 3.63) is 108 Å². The molecule has 0 saturated heterocycles. The number of carbonyl (C=O) groups is 2. The summed E-state index contributed by atoms with van der Waals surface area (Å²) in [5.74, 6) is -1.02. The molecule has 3 N–H and O–H groups in total. The van der Waals surface area contributed by atoms with Crippen LogP contribution in [0.1, 0.15) is 17.2 Å². The lowest BCUT2D eigenvalue weighted by atomic mass is 10.1. The van der Waals surface area contributed by atoms with Crippen LogP contribution in [0.25, 0.3) is 10.8 Å². The molecule has 8 nitrogen and oxygen atoms in total. The molecule has 184 valence electrons. The van der Waals surface area contributed by atoms with E-state index in [4.69, 9.17) is 4.84 Å². The van der Waals surface area contributed by atoms with Crippen LogP contribution in [0.2, 0.25) is 0 Å². The number of amides is 1. The van der Waals surface area contributed by atoms with Gasteiger partial charge in [-0.3, -0.25) is 9.59 Å². The van der Waals surface area contributed by atoms with Crippen LogP contribution in [0, 0.1) is 0 Å². The number of hydrogen-bond acceptors (Lipinski definition) is 6. The summed E-state index contributed by atoms with van der Waals surface area (Å²) in [6.07, 6.45) is 0.0446. The van der Waals surface area contributed by atoms with Crippen molar-refractivity contribution in [1.82, 2.24) is 10.2 Å². The first-order valence-electron chi connectivity index (χ1n) is 11.2. The monoisotopic (exact) mass is 503 g/mol. The van der Waals surface area contributed by atoms with E-state index in [1.54, 1.807) is 54.6 Å². The maximum atomic E-state index is 13.4. The number of hydrogen-bond donors (Lipinski definition) is 3. The Bertz CT molecular complexity index is 1480. The van der Waals surface area contributed by atoms with E-state index in [-0.39, 0.29) is 11.3 Å². The molecule has 36 heavy (non-hydrogen) atoms. The van der Waals surface area contributed by atoms with Crippen molar-refractivity contribution < 1.29 is 22.8 Å². The fraction of sp³-hybridized carbons (Fsp3) is 0.111. The Morgan fingerprint density at radius 3 is 2.14 bits per heavy atom. The van der Waals surface area contributed by atoms with Crippen LogP contribution in [-0.4, -0.2) is 27.3 Å². The first-order valence-corrected chi connectivity index (χ1v) is 12.7. The van der Waals surface area contributed by atoms with Crippen molar-refractivity contribution in [3.8, 4) is 0 Å². The minimum absolute atomic E-state index is 0.0446. The average Bonchev–Trinajstić information content (AvgIpc) is 2.90. The minimum atomic E-state index is -3.71. The zero-order valence-corrected chi connectivity index (χ0v) is 20.3. The highest BCUT2D eigenvalue weighted by molar-refractivity contribution is 7.89. The number of sulfonamides is 1. The molecule has 0 aliphatic heterocycles. The number of fused-ring (bicyclic) bond motifs is 1. The molecule has 0 aliphatic carbocycles. The summed E-state index contributed by atoms with van der Waals surface area (Å²) in [4.78, 5) is 31.1. The molecule has 1 atom stereocenters. The molecule has 0 fully saturated rings. The van der Waals surface area contributed by atoms with Gasteiger partial charge in [-0.25, -0.2) is 13.1 Å². The molecular formula is C27H25N3O5S. The van der Waals surface area contributed by atoms with Gasteiger partial charge in [-0.15, -0.1) is 5.48 Å². The highest BCUT2D eigenvalue weighted by Gasteiger charge is 2.24. The Labute approximate surface area is 209 Å². The molecule has 0 radical (unpaired) electrons. The summed E-state index contributed by atoms with van der Waals surface area (Å²) in [7, 11) is -2.36. The van der Waals surface area contributed by atoms with Gasteiger partial charge < -0.3 is 10.2 Å². The second kappa shape index (κ2) is 11.1. The first kappa shape index (κ1) is 25.1. The van der Waals surface area contributed by atoms with E-state index >= 15 is 0 Å². The number of anilines is 1. The molecule has 0 spiro atoms. The molecule has 4 aromatic rings. The van der Waals surface area contributed by atoms with Crippen LogP contribution >= 0.6 is 0 Å². The van der Waals surface area contributed by atoms with E-state index in [1.165, 1.54) is 13.1 Å². The molecule has 4 rings (SSSR count). The maximum absolute atomic E-state index is 13.4. The van der Waals surface area contributed by atoms with Crippen LogP contribution in [-0.2, 0) is 30.9 Å². The van der Waals surface area contributed by atoms with Gasteiger partial charge in [-0.05, 0) is 30.3 Å². The summed E-state index contributed by atoms with van der Waals surface area (Å²) in [5.41, 5.74) is 4.39. The molecule has 0 aromatic heterocycles. The maximum Gasteiger partial charge on any atom is 0.329 e. The van der Waals surface area contributed by atoms with E-state index in [0.717, 1.165) is 5.56 Å². The third-order valence-electron chi connectivity index (χ3n) is 5.58. The highest BCUT2D eigenvalue weighted by atomic mass is 32.2. The van der Waals surface area contributed by atoms with Crippen molar-refractivity contribution in [2.75, 3.05) is 12.4 Å². The molecule has 0 unspecified atom stereocenters. The predicted molar refractivity (Wildman–Crippen MR) is 137 cm³/mol. The third-order valence-corrected chi connectivity index (χ3v) is 7.05. The molecule has 0 aliphatic rings. The van der Waals surface area contributed by atoms with Crippen LogP contribution in [0.5, 0.6) is 0 Å². The zero-order valence-electron chi connectivity index (χ0n) is 19.5. The van der Waals surface area contributed by atoms with E-state index < -0.39 is 27.9 Å². The summed E-state index contributed by atoms with van der Waals surface area (Å²) in [6, 6.07) is 26.8. The minimum Gasteiger partial charge on any atom is -0.369 e. The van der Waals surface area contributed by atoms with Crippen molar-refractivity contribution in [3.63, 3.8) is 0 Å². The van der Waals surface area contributed by atoms with Gasteiger partial charge in [-0.2, -0.15) is 0 Å². The SMILES string of the molecule is CNS(=O)(=O)c1cccc2c(NC(=O)[C@@H](NOC(=O)Cc3ccccc3)c3ccccc3)cccc12. The lowest BCUT2D eigenvalue weighted by Gasteiger charge is -2.19. The molecule has 0 saturated carbocycles. The molecule has 1 amide bonds. The predicted octanol–water partition coefficient (Wildman–Crippen LogP) is 3.72. The molecule has 4 aromatic carbocycles. The Morgan fingerprint density at radius 1 is 0.806 bits per heavy atom. The Kier molecular flexibility index (Phi) is 7.74. The number of rotatable bonds is 9. The van der Waals surface area contributed by atoms with E-state index in [1.807, 2.05) is 36.4 Å². The van der Waals surface area contributed by atoms with Gasteiger partial charge in [0.25, 0.3) is 0 Å². The van der Waals surface area contributed by atoms with Crippen LogP contribution in [0.4, 0.5) is 5.69 Å². The average molecular weight is 504 g/mol. The zero-order chi connectivity index (χ0) is 25.5. The van der Waals surface area contributed by atoms with Crippen molar-refractivity contribution in [2.24, 2.45) is 0 Å². The Hall–Kier alpha value is -4.05. The largest absolute Gasteiger partial charge is 0.369 e. The summed E-state index contributed by atoms with van der Waals surface area (Å²) >= 11 is 0. The first-order chi connectivity index (χ1) is 17.4. The molecule has 0 heterocycles. The molecule has 9 heteroatoms. The Balaban J connectivity index is 1.58. The highest BCUT2D eigenvalue weighted by Crippen LogP contribution is 2.29. The second-order valence-corrected chi connectivity index (χ2v) is 9.81. The fourth-order valence-corrected chi connectivity index (χ4v) is 4.73. The standard InChI is InChI=1S/C27H25N3O5S/c1-28-36(33,34)24-17-9-14-21-22(24)15-8-16-23(21)29-27(32)26(20-12-6-3-7-13-20)30-35-25(31)18-19-10-4-2-5-11-19/h2-17,26,28,30H,18H2,1H3,(H,29,32)/t26-/m0/s1. The van der Waals surface area contributed by atoms with Crippen molar-refractivity contribution in [2.45, 2.75) is 17.4 Å². The van der Waals surface area contributed by atoms with Crippen LogP contribution in [0.3, 0.4) is 0 Å². The fourth-order valence-electron chi connectivity index (χ4n) is 3.78. The van der Waals surface area contributed by atoms with Crippen LogP contribution in [0.15, 0.2) is 102 Å². The van der Waals surface area contributed by atoms with Gasteiger partial charge in [-0.1, -0.05) is 84.9 Å². The molecular weight excluding hydrogens is 478 g/mol. The van der Waals surface area contributed by atoms with Gasteiger partial charge in [0.05, 0.1) is 11.3 Å². The normalized spacial score (nSPS) is 12.1. The van der Waals surface area contributed by atoms with Gasteiger partial charge in [0.15, 0.2) is 0 Å². The van der Waals surface area contributed by atoms with E-state index in [0.29, 0.717) is 22.0 Å². The third kappa shape index (κ3) is 5.77. The van der Waals surface area contributed by atoms with Gasteiger partial charge in [0.1, 0.15) is 6.04 Å². The van der Waals surface area contributed by atoms with Gasteiger partial charge in [0.2, 0.25) is 15.9 Å². The lowest BCUT2D eigenvalue weighted by Crippen LogP contribution is -2.35. The van der Waals surface area contributed by atoms with E-state index in [9.17, 15) is 18.0 Å². The van der Waals surface area contributed by atoms with Gasteiger partial charge >= 0.3 is 5.97 Å². The number of benzene rings is 4. The van der Waals surface area contributed by atoms with Crippen molar-refractivity contribution >= 4 is 38.4 Å². The summed E-state index contributed by atoms with van der Waals surface area (Å²) < 4.78 is 27.3. The summed E-state index contributed by atoms with van der Waals surface area (Å²) in [6.45, 7) is 0. The number of hydroxylamine groups is 1. The quantitative estimate of drug-likeness (QED) is 0.300.